The lowest BCUT2D eigenvalue weighted by molar-refractivity contribution is -0.129. The predicted molar refractivity (Wildman–Crippen MR) is 92.3 cm³/mol. The molecule has 1 amide bonds. The quantitative estimate of drug-likeness (QED) is 0.852. The number of rotatable bonds is 7. The molecule has 2 rings (SSSR count). The summed E-state index contributed by atoms with van der Waals surface area (Å²) in [5, 5.41) is 4.32. The van der Waals surface area contributed by atoms with Gasteiger partial charge in [0.05, 0.1) is 18.3 Å². The van der Waals surface area contributed by atoms with Crippen LogP contribution in [0.25, 0.3) is 5.69 Å². The molecule has 0 aliphatic heterocycles. The van der Waals surface area contributed by atoms with Gasteiger partial charge in [-0.05, 0) is 30.0 Å². The fourth-order valence-electron chi connectivity index (χ4n) is 2.28. The van der Waals surface area contributed by atoms with Crippen molar-refractivity contribution >= 4 is 5.91 Å². The van der Waals surface area contributed by atoms with E-state index in [0.717, 1.165) is 17.7 Å². The number of para-hydroxylation sites is 1. The maximum Gasteiger partial charge on any atom is 0.226 e. The number of hydrogen-bond donors (Lipinski definition) is 1. The number of aromatic nitrogens is 2. The highest BCUT2D eigenvalue weighted by atomic mass is 16.2. The minimum Gasteiger partial charge on any atom is -0.345 e. The summed E-state index contributed by atoms with van der Waals surface area (Å²) in [7, 11) is 1.83. The van der Waals surface area contributed by atoms with Gasteiger partial charge < -0.3 is 10.6 Å². The molecule has 0 spiro atoms. The lowest BCUT2D eigenvalue weighted by Crippen LogP contribution is -2.35. The van der Waals surface area contributed by atoms with Crippen LogP contribution in [-0.4, -0.2) is 40.2 Å². The molecule has 0 aliphatic carbocycles. The molecule has 2 aromatic rings. The van der Waals surface area contributed by atoms with Crippen LogP contribution in [0.3, 0.4) is 0 Å². The van der Waals surface area contributed by atoms with Gasteiger partial charge in [0, 0.05) is 25.8 Å². The van der Waals surface area contributed by atoms with Crippen molar-refractivity contribution in [2.75, 3.05) is 13.6 Å². The number of benzene rings is 1. The zero-order valence-corrected chi connectivity index (χ0v) is 14.1. The summed E-state index contributed by atoms with van der Waals surface area (Å²) in [5.41, 5.74) is 7.94. The summed E-state index contributed by atoms with van der Waals surface area (Å²) >= 11 is 0. The first-order valence-electron chi connectivity index (χ1n) is 8.06. The molecule has 23 heavy (non-hydrogen) atoms. The van der Waals surface area contributed by atoms with Gasteiger partial charge in [-0.25, -0.2) is 4.68 Å². The minimum absolute atomic E-state index is 0.0913. The van der Waals surface area contributed by atoms with E-state index in [-0.39, 0.29) is 11.9 Å². The van der Waals surface area contributed by atoms with Gasteiger partial charge in [-0.15, -0.1) is 0 Å². The van der Waals surface area contributed by atoms with Gasteiger partial charge in [0.2, 0.25) is 5.91 Å². The fraction of sp³-hybridized carbons (Fsp3) is 0.444. The zero-order chi connectivity index (χ0) is 16.8. The van der Waals surface area contributed by atoms with Gasteiger partial charge >= 0.3 is 0 Å². The summed E-state index contributed by atoms with van der Waals surface area (Å²) in [6, 6.07) is 10.00. The molecule has 124 valence electrons. The molecule has 1 aromatic carbocycles. The lowest BCUT2D eigenvalue weighted by atomic mass is 10.0. The molecule has 0 bridgehead atoms. The summed E-state index contributed by atoms with van der Waals surface area (Å²) in [6.45, 7) is 4.89. The van der Waals surface area contributed by atoms with Gasteiger partial charge in [0.1, 0.15) is 0 Å². The number of hydrogen-bond acceptors (Lipinski definition) is 3. The van der Waals surface area contributed by atoms with E-state index in [1.54, 1.807) is 15.8 Å². The molecule has 0 aliphatic rings. The van der Waals surface area contributed by atoms with Crippen molar-refractivity contribution in [1.29, 1.82) is 0 Å². The second kappa shape index (κ2) is 7.92. The molecule has 5 heteroatoms. The van der Waals surface area contributed by atoms with Gasteiger partial charge in [0.15, 0.2) is 0 Å². The maximum atomic E-state index is 12.3. The van der Waals surface area contributed by atoms with Crippen molar-refractivity contribution in [3.8, 4) is 5.69 Å². The van der Waals surface area contributed by atoms with Crippen LogP contribution >= 0.6 is 0 Å². The topological polar surface area (TPSA) is 64.2 Å². The van der Waals surface area contributed by atoms with Crippen LogP contribution in [0.4, 0.5) is 0 Å². The third-order valence-corrected chi connectivity index (χ3v) is 4.09. The average Bonchev–Trinajstić information content (AvgIpc) is 3.01. The van der Waals surface area contributed by atoms with Crippen LogP contribution < -0.4 is 5.73 Å². The Hall–Kier alpha value is -2.14. The van der Waals surface area contributed by atoms with Crippen molar-refractivity contribution in [2.24, 2.45) is 11.7 Å². The SMILES string of the molecule is CC(C)C(N)CCN(C)C(=O)Cc1cnn(-c2ccccc2)c1. The van der Waals surface area contributed by atoms with Crippen LogP contribution in [0, 0.1) is 5.92 Å². The maximum absolute atomic E-state index is 12.3. The van der Waals surface area contributed by atoms with Gasteiger partial charge in [-0.2, -0.15) is 5.10 Å². The number of amides is 1. The molecular weight excluding hydrogens is 288 g/mol. The molecule has 0 radical (unpaired) electrons. The second-order valence-corrected chi connectivity index (χ2v) is 6.32. The Labute approximate surface area is 138 Å². The molecular formula is C18H26N4O. The molecule has 0 saturated heterocycles. The Bertz CT molecular complexity index is 621. The zero-order valence-electron chi connectivity index (χ0n) is 14.1. The van der Waals surface area contributed by atoms with Crippen LogP contribution in [0.1, 0.15) is 25.8 Å². The number of carbonyl (C=O) groups excluding carboxylic acids is 1. The van der Waals surface area contributed by atoms with Crippen LogP contribution in [0.15, 0.2) is 42.7 Å². The second-order valence-electron chi connectivity index (χ2n) is 6.32. The highest BCUT2D eigenvalue weighted by Gasteiger charge is 2.14. The molecule has 1 heterocycles. The highest BCUT2D eigenvalue weighted by molar-refractivity contribution is 5.78. The largest absolute Gasteiger partial charge is 0.345 e. The Morgan fingerprint density at radius 2 is 2.00 bits per heavy atom. The summed E-state index contributed by atoms with van der Waals surface area (Å²) in [5.74, 6) is 0.524. The molecule has 0 fully saturated rings. The normalized spacial score (nSPS) is 12.4. The first-order valence-corrected chi connectivity index (χ1v) is 8.06. The Kier molecular flexibility index (Phi) is 5.93. The third-order valence-electron chi connectivity index (χ3n) is 4.09. The Morgan fingerprint density at radius 1 is 1.30 bits per heavy atom. The van der Waals surface area contributed by atoms with E-state index in [1.807, 2.05) is 43.6 Å². The van der Waals surface area contributed by atoms with E-state index in [4.69, 9.17) is 5.73 Å². The molecule has 1 atom stereocenters. The van der Waals surface area contributed by atoms with E-state index in [9.17, 15) is 4.79 Å². The van der Waals surface area contributed by atoms with Gasteiger partial charge in [-0.1, -0.05) is 32.0 Å². The van der Waals surface area contributed by atoms with E-state index >= 15 is 0 Å². The highest BCUT2D eigenvalue weighted by Crippen LogP contribution is 2.09. The predicted octanol–water partition coefficient (Wildman–Crippen LogP) is 2.25. The van der Waals surface area contributed by atoms with Crippen molar-refractivity contribution < 1.29 is 4.79 Å². The van der Waals surface area contributed by atoms with Crippen molar-refractivity contribution in [1.82, 2.24) is 14.7 Å². The Morgan fingerprint density at radius 3 is 2.65 bits per heavy atom. The van der Waals surface area contributed by atoms with E-state index < -0.39 is 0 Å². The number of carbonyl (C=O) groups is 1. The monoisotopic (exact) mass is 314 g/mol. The molecule has 2 N–H and O–H groups in total. The fourth-order valence-corrected chi connectivity index (χ4v) is 2.28. The number of nitrogens with two attached hydrogens (primary N) is 1. The number of nitrogens with zero attached hydrogens (tertiary/aromatic N) is 3. The first-order chi connectivity index (χ1) is 11.0. The first kappa shape index (κ1) is 17.2. The Balaban J connectivity index is 1.89. The summed E-state index contributed by atoms with van der Waals surface area (Å²) in [6.07, 6.45) is 4.84. The van der Waals surface area contributed by atoms with Crippen molar-refractivity contribution in [2.45, 2.75) is 32.7 Å². The van der Waals surface area contributed by atoms with Crippen LogP contribution in [0.5, 0.6) is 0 Å². The lowest BCUT2D eigenvalue weighted by Gasteiger charge is -2.21. The summed E-state index contributed by atoms with van der Waals surface area (Å²) in [4.78, 5) is 14.0. The molecule has 5 nitrogen and oxygen atoms in total. The molecule has 0 saturated carbocycles. The van der Waals surface area contributed by atoms with Crippen molar-refractivity contribution in [3.63, 3.8) is 0 Å². The van der Waals surface area contributed by atoms with Gasteiger partial charge in [0.25, 0.3) is 0 Å². The standard InChI is InChI=1S/C18H26N4O/c1-14(2)17(19)9-10-21(3)18(23)11-15-12-20-22(13-15)16-7-5-4-6-8-16/h4-8,12-14,17H,9-11,19H2,1-3H3. The van der Waals surface area contributed by atoms with Crippen molar-refractivity contribution in [3.05, 3.63) is 48.3 Å². The third kappa shape index (κ3) is 4.93. The van der Waals surface area contributed by atoms with Crippen LogP contribution in [-0.2, 0) is 11.2 Å². The number of likely N-dealkylation sites (N-methyl/N-ethyl adjacent to an activating group) is 1. The minimum atomic E-state index is 0.0913. The van der Waals surface area contributed by atoms with Gasteiger partial charge in [-0.3, -0.25) is 4.79 Å². The summed E-state index contributed by atoms with van der Waals surface area (Å²) < 4.78 is 1.79. The van der Waals surface area contributed by atoms with Crippen LogP contribution in [0.2, 0.25) is 0 Å². The van der Waals surface area contributed by atoms with E-state index in [2.05, 4.69) is 18.9 Å². The van der Waals surface area contributed by atoms with E-state index in [0.29, 0.717) is 18.9 Å². The smallest absolute Gasteiger partial charge is 0.226 e. The molecule has 1 aromatic heterocycles. The molecule has 1 unspecified atom stereocenters. The average molecular weight is 314 g/mol. The van der Waals surface area contributed by atoms with E-state index in [1.165, 1.54) is 0 Å².